The van der Waals surface area contributed by atoms with Crippen LogP contribution in [0.5, 0.6) is 11.6 Å². The van der Waals surface area contributed by atoms with E-state index in [9.17, 15) is 4.79 Å². The van der Waals surface area contributed by atoms with Crippen LogP contribution in [0.4, 0.5) is 5.69 Å². The molecular formula is C14H13ClN2O3. The molecule has 0 aliphatic heterocycles. The largest absolute Gasteiger partial charge is 0.462 e. The number of carbonyl (C=O) groups is 1. The van der Waals surface area contributed by atoms with Gasteiger partial charge in [-0.1, -0.05) is 11.6 Å². The SMILES string of the molecule is CCOC(=O)c1cccnc1Oc1cc(Cl)ccc1N. The van der Waals surface area contributed by atoms with Gasteiger partial charge in [0.2, 0.25) is 5.88 Å². The fourth-order valence-corrected chi connectivity index (χ4v) is 1.70. The minimum atomic E-state index is -0.504. The number of aromatic nitrogens is 1. The molecule has 0 saturated carbocycles. The molecule has 1 aromatic carbocycles. The molecule has 0 bridgehead atoms. The predicted octanol–water partition coefficient (Wildman–Crippen LogP) is 3.29. The number of nitrogen functional groups attached to an aromatic ring is 1. The van der Waals surface area contributed by atoms with E-state index in [0.717, 1.165) is 0 Å². The van der Waals surface area contributed by atoms with E-state index >= 15 is 0 Å². The number of hydrogen-bond donors (Lipinski definition) is 1. The van der Waals surface area contributed by atoms with Crippen molar-refractivity contribution in [2.75, 3.05) is 12.3 Å². The average molecular weight is 293 g/mol. The van der Waals surface area contributed by atoms with Gasteiger partial charge in [-0.3, -0.25) is 0 Å². The van der Waals surface area contributed by atoms with Crippen LogP contribution in [0, 0.1) is 0 Å². The van der Waals surface area contributed by atoms with Crippen molar-refractivity contribution in [2.45, 2.75) is 6.92 Å². The first-order valence-electron chi connectivity index (χ1n) is 5.97. The van der Waals surface area contributed by atoms with Gasteiger partial charge in [0, 0.05) is 17.3 Å². The van der Waals surface area contributed by atoms with Gasteiger partial charge in [-0.05, 0) is 31.2 Å². The van der Waals surface area contributed by atoms with Gasteiger partial charge in [0.25, 0.3) is 0 Å². The molecule has 0 aliphatic rings. The first-order chi connectivity index (χ1) is 9.61. The molecule has 20 heavy (non-hydrogen) atoms. The minimum absolute atomic E-state index is 0.125. The zero-order valence-electron chi connectivity index (χ0n) is 10.8. The second-order valence-corrected chi connectivity index (χ2v) is 4.30. The molecule has 0 fully saturated rings. The number of hydrogen-bond acceptors (Lipinski definition) is 5. The van der Waals surface area contributed by atoms with E-state index in [2.05, 4.69) is 4.98 Å². The van der Waals surface area contributed by atoms with Crippen molar-refractivity contribution in [1.29, 1.82) is 0 Å². The summed E-state index contributed by atoms with van der Waals surface area (Å²) in [6, 6.07) is 8.01. The molecule has 2 N–H and O–H groups in total. The van der Waals surface area contributed by atoms with Crippen LogP contribution in [0.1, 0.15) is 17.3 Å². The lowest BCUT2D eigenvalue weighted by atomic mass is 10.2. The Morgan fingerprint density at radius 1 is 1.40 bits per heavy atom. The third kappa shape index (κ3) is 3.19. The Labute approximate surface area is 121 Å². The van der Waals surface area contributed by atoms with E-state index in [1.165, 1.54) is 6.20 Å². The first-order valence-corrected chi connectivity index (χ1v) is 6.34. The Morgan fingerprint density at radius 2 is 2.20 bits per heavy atom. The molecule has 0 amide bonds. The van der Waals surface area contributed by atoms with Crippen molar-refractivity contribution < 1.29 is 14.3 Å². The number of esters is 1. The number of halogens is 1. The Kier molecular flexibility index (Phi) is 4.42. The molecular weight excluding hydrogens is 280 g/mol. The summed E-state index contributed by atoms with van der Waals surface area (Å²) in [6.07, 6.45) is 1.51. The number of ether oxygens (including phenoxy) is 2. The van der Waals surface area contributed by atoms with Crippen LogP contribution in [0.25, 0.3) is 0 Å². The third-order valence-electron chi connectivity index (χ3n) is 2.45. The molecule has 6 heteroatoms. The van der Waals surface area contributed by atoms with Gasteiger partial charge in [0.15, 0.2) is 5.75 Å². The number of carbonyl (C=O) groups excluding carboxylic acids is 1. The summed E-state index contributed by atoms with van der Waals surface area (Å²) in [6.45, 7) is 2.00. The van der Waals surface area contributed by atoms with Gasteiger partial charge in [-0.25, -0.2) is 9.78 Å². The van der Waals surface area contributed by atoms with Gasteiger partial charge in [-0.15, -0.1) is 0 Å². The highest BCUT2D eigenvalue weighted by Crippen LogP contribution is 2.30. The highest BCUT2D eigenvalue weighted by Gasteiger charge is 2.16. The quantitative estimate of drug-likeness (QED) is 0.691. The van der Waals surface area contributed by atoms with Crippen molar-refractivity contribution >= 4 is 23.3 Å². The molecule has 1 heterocycles. The topological polar surface area (TPSA) is 74.4 Å². The molecule has 1 aromatic heterocycles. The summed E-state index contributed by atoms with van der Waals surface area (Å²) < 4.78 is 10.5. The van der Waals surface area contributed by atoms with Crippen molar-refractivity contribution in [3.05, 3.63) is 47.1 Å². The van der Waals surface area contributed by atoms with E-state index in [1.807, 2.05) is 0 Å². The van der Waals surface area contributed by atoms with Crippen molar-refractivity contribution in [3.63, 3.8) is 0 Å². The molecule has 0 spiro atoms. The Balaban J connectivity index is 2.34. The maximum absolute atomic E-state index is 11.8. The fourth-order valence-electron chi connectivity index (χ4n) is 1.54. The lowest BCUT2D eigenvalue weighted by molar-refractivity contribution is 0.0522. The van der Waals surface area contributed by atoms with Crippen LogP contribution >= 0.6 is 11.6 Å². The summed E-state index contributed by atoms with van der Waals surface area (Å²) in [5.74, 6) is -0.0436. The summed E-state index contributed by atoms with van der Waals surface area (Å²) in [5, 5.41) is 0.475. The normalized spacial score (nSPS) is 10.1. The van der Waals surface area contributed by atoms with E-state index in [-0.39, 0.29) is 18.1 Å². The molecule has 2 rings (SSSR count). The lowest BCUT2D eigenvalue weighted by Gasteiger charge is -2.11. The van der Waals surface area contributed by atoms with Crippen molar-refractivity contribution in [2.24, 2.45) is 0 Å². The number of rotatable bonds is 4. The van der Waals surface area contributed by atoms with Crippen LogP contribution in [0.2, 0.25) is 5.02 Å². The van der Waals surface area contributed by atoms with Crippen LogP contribution in [-0.2, 0) is 4.74 Å². The number of nitrogens with zero attached hydrogens (tertiary/aromatic N) is 1. The second kappa shape index (κ2) is 6.25. The summed E-state index contributed by atoms with van der Waals surface area (Å²) >= 11 is 5.89. The second-order valence-electron chi connectivity index (χ2n) is 3.86. The van der Waals surface area contributed by atoms with Gasteiger partial charge in [-0.2, -0.15) is 0 Å². The number of benzene rings is 1. The van der Waals surface area contributed by atoms with E-state index in [0.29, 0.717) is 16.5 Å². The predicted molar refractivity (Wildman–Crippen MR) is 76.1 cm³/mol. The third-order valence-corrected chi connectivity index (χ3v) is 2.68. The zero-order chi connectivity index (χ0) is 14.5. The minimum Gasteiger partial charge on any atom is -0.462 e. The van der Waals surface area contributed by atoms with Crippen LogP contribution in [0.15, 0.2) is 36.5 Å². The van der Waals surface area contributed by atoms with Crippen LogP contribution < -0.4 is 10.5 Å². The van der Waals surface area contributed by atoms with Crippen molar-refractivity contribution in [1.82, 2.24) is 4.98 Å². The number of anilines is 1. The molecule has 104 valence electrons. The van der Waals surface area contributed by atoms with Gasteiger partial charge in [0.05, 0.1) is 12.3 Å². The number of nitrogens with two attached hydrogens (primary N) is 1. The summed E-state index contributed by atoms with van der Waals surface area (Å²) in [7, 11) is 0. The van der Waals surface area contributed by atoms with Gasteiger partial charge >= 0.3 is 5.97 Å². The van der Waals surface area contributed by atoms with Crippen LogP contribution in [0.3, 0.4) is 0 Å². The van der Waals surface area contributed by atoms with Crippen molar-refractivity contribution in [3.8, 4) is 11.6 Å². The average Bonchev–Trinajstić information content (AvgIpc) is 2.44. The monoisotopic (exact) mass is 292 g/mol. The molecule has 0 saturated heterocycles. The Morgan fingerprint density at radius 3 is 2.95 bits per heavy atom. The molecule has 0 atom stereocenters. The molecule has 2 aromatic rings. The Bertz CT molecular complexity index is 632. The molecule has 5 nitrogen and oxygen atoms in total. The number of pyridine rings is 1. The van der Waals surface area contributed by atoms with E-state index < -0.39 is 5.97 Å². The van der Waals surface area contributed by atoms with Gasteiger partial charge < -0.3 is 15.2 Å². The highest BCUT2D eigenvalue weighted by atomic mass is 35.5. The maximum Gasteiger partial charge on any atom is 0.343 e. The fraction of sp³-hybridized carbons (Fsp3) is 0.143. The maximum atomic E-state index is 11.8. The molecule has 0 radical (unpaired) electrons. The lowest BCUT2D eigenvalue weighted by Crippen LogP contribution is -2.07. The Hall–Kier alpha value is -2.27. The van der Waals surface area contributed by atoms with E-state index in [4.69, 9.17) is 26.8 Å². The summed E-state index contributed by atoms with van der Waals surface area (Å²) in [4.78, 5) is 15.8. The standard InChI is InChI=1S/C14H13ClN2O3/c1-2-19-14(18)10-4-3-7-17-13(10)20-12-8-9(15)5-6-11(12)16/h3-8H,2,16H2,1H3. The summed E-state index contributed by atoms with van der Waals surface area (Å²) in [5.41, 5.74) is 6.42. The van der Waals surface area contributed by atoms with E-state index in [1.54, 1.807) is 37.3 Å². The first kappa shape index (κ1) is 14.1. The highest BCUT2D eigenvalue weighted by molar-refractivity contribution is 6.30. The van der Waals surface area contributed by atoms with Crippen LogP contribution in [-0.4, -0.2) is 17.6 Å². The zero-order valence-corrected chi connectivity index (χ0v) is 11.6. The molecule has 0 aliphatic carbocycles. The van der Waals surface area contributed by atoms with Gasteiger partial charge in [0.1, 0.15) is 5.56 Å². The molecule has 0 unspecified atom stereocenters. The smallest absolute Gasteiger partial charge is 0.343 e.